The Kier molecular flexibility index (Phi) is 5.37. The number of H-pyrrole nitrogens is 1. The Labute approximate surface area is 189 Å². The third-order valence-corrected chi connectivity index (χ3v) is 6.39. The Bertz CT molecular complexity index is 1440. The molecule has 0 spiro atoms. The molecule has 32 heavy (non-hydrogen) atoms. The summed E-state index contributed by atoms with van der Waals surface area (Å²) < 4.78 is 17.5. The highest BCUT2D eigenvalue weighted by Gasteiger charge is 2.16. The number of fused-ring (bicyclic) bond motifs is 1. The molecule has 0 atom stereocenters. The van der Waals surface area contributed by atoms with Crippen LogP contribution in [0.5, 0.6) is 11.5 Å². The van der Waals surface area contributed by atoms with E-state index in [0.717, 1.165) is 10.4 Å². The number of methoxy groups -OCH3 is 2. The second kappa shape index (κ2) is 8.48. The summed E-state index contributed by atoms with van der Waals surface area (Å²) in [6.07, 6.45) is 0. The Balaban J connectivity index is 1.38. The molecule has 1 aromatic carbocycles. The normalized spacial score (nSPS) is 11.2. The molecule has 162 valence electrons. The number of benzene rings is 1. The first kappa shape index (κ1) is 20.3. The summed E-state index contributed by atoms with van der Waals surface area (Å²) in [7, 11) is 3.14. The van der Waals surface area contributed by atoms with E-state index in [1.54, 1.807) is 43.8 Å². The van der Waals surface area contributed by atoms with Crippen molar-refractivity contribution in [1.82, 2.24) is 30.0 Å². The average molecular weight is 469 g/mol. The topological polar surface area (TPSA) is 120 Å². The predicted molar refractivity (Wildman–Crippen MR) is 119 cm³/mol. The number of nitrogens with zero attached hydrogens (tertiary/aromatic N) is 5. The minimum atomic E-state index is -0.307. The number of hydrogen-bond acceptors (Lipinski definition) is 10. The van der Waals surface area contributed by atoms with Crippen LogP contribution in [-0.2, 0) is 5.75 Å². The summed E-state index contributed by atoms with van der Waals surface area (Å²) in [5, 5.41) is 17.7. The molecular weight excluding hydrogens is 452 g/mol. The summed E-state index contributed by atoms with van der Waals surface area (Å²) >= 11 is 2.88. The maximum atomic E-state index is 12.2. The Morgan fingerprint density at radius 1 is 1.19 bits per heavy atom. The quantitative estimate of drug-likeness (QED) is 0.358. The van der Waals surface area contributed by atoms with Gasteiger partial charge in [-0.05, 0) is 35.7 Å². The first-order chi connectivity index (χ1) is 15.7. The van der Waals surface area contributed by atoms with Gasteiger partial charge in [0.25, 0.3) is 5.56 Å². The molecule has 0 aliphatic carbocycles. The van der Waals surface area contributed by atoms with E-state index in [9.17, 15) is 4.79 Å². The molecule has 0 radical (unpaired) electrons. The zero-order valence-corrected chi connectivity index (χ0v) is 18.6. The standard InChI is InChI=1S/C20H16N6O4S2/c1-28-14-6-5-11(8-15(14)29-2)18-21-17(30-25-18)10-32-20-23-22-19(27)13-9-12(24-26(13)20)16-4-3-7-31-16/h3-9H,10H2,1-2H3,(H,22,27). The van der Waals surface area contributed by atoms with Gasteiger partial charge in [0.15, 0.2) is 11.5 Å². The van der Waals surface area contributed by atoms with E-state index in [-0.39, 0.29) is 5.56 Å². The van der Waals surface area contributed by atoms with Crippen LogP contribution in [0.15, 0.2) is 56.3 Å². The third kappa shape index (κ3) is 3.74. The van der Waals surface area contributed by atoms with E-state index in [0.29, 0.717) is 45.3 Å². The fourth-order valence-corrected chi connectivity index (χ4v) is 4.49. The van der Waals surface area contributed by atoms with Crippen molar-refractivity contribution in [3.63, 3.8) is 0 Å². The maximum absolute atomic E-state index is 12.2. The van der Waals surface area contributed by atoms with Gasteiger partial charge in [-0.15, -0.1) is 16.4 Å². The average Bonchev–Trinajstić information content (AvgIpc) is 3.58. The summed E-state index contributed by atoms with van der Waals surface area (Å²) in [5.41, 5.74) is 1.56. The van der Waals surface area contributed by atoms with Gasteiger partial charge >= 0.3 is 0 Å². The highest BCUT2D eigenvalue weighted by Crippen LogP contribution is 2.32. The SMILES string of the molecule is COc1ccc(-c2noc(CSc3n[nH]c(=O)c4cc(-c5cccs5)nn34)n2)cc1OC. The predicted octanol–water partition coefficient (Wildman–Crippen LogP) is 3.51. The van der Waals surface area contributed by atoms with E-state index < -0.39 is 0 Å². The lowest BCUT2D eigenvalue weighted by Gasteiger charge is -2.07. The molecule has 4 aromatic heterocycles. The van der Waals surface area contributed by atoms with Crippen LogP contribution in [0.3, 0.4) is 0 Å². The van der Waals surface area contributed by atoms with Gasteiger partial charge in [0, 0.05) is 5.56 Å². The lowest BCUT2D eigenvalue weighted by Crippen LogP contribution is -2.13. The second-order valence-corrected chi connectivity index (χ2v) is 8.40. The molecule has 0 saturated heterocycles. The van der Waals surface area contributed by atoms with Crippen LogP contribution < -0.4 is 15.0 Å². The minimum Gasteiger partial charge on any atom is -0.493 e. The lowest BCUT2D eigenvalue weighted by molar-refractivity contribution is 0.355. The number of thiophene rings is 1. The highest BCUT2D eigenvalue weighted by molar-refractivity contribution is 7.98. The Hall–Kier alpha value is -3.64. The second-order valence-electron chi connectivity index (χ2n) is 6.51. The molecule has 5 rings (SSSR count). The van der Waals surface area contributed by atoms with Gasteiger partial charge in [0.1, 0.15) is 11.2 Å². The van der Waals surface area contributed by atoms with Crippen LogP contribution in [-0.4, -0.2) is 44.2 Å². The molecule has 0 fully saturated rings. The van der Waals surface area contributed by atoms with E-state index in [4.69, 9.17) is 14.0 Å². The number of nitrogens with one attached hydrogen (secondary N) is 1. The first-order valence-corrected chi connectivity index (χ1v) is 11.2. The molecule has 0 aliphatic heterocycles. The van der Waals surface area contributed by atoms with Crippen molar-refractivity contribution in [3.05, 3.63) is 58.0 Å². The molecule has 0 bridgehead atoms. The van der Waals surface area contributed by atoms with E-state index in [1.165, 1.54) is 16.3 Å². The Morgan fingerprint density at radius 2 is 2.06 bits per heavy atom. The van der Waals surface area contributed by atoms with Crippen LogP contribution in [0.1, 0.15) is 5.89 Å². The number of rotatable bonds is 7. The molecule has 5 aromatic rings. The van der Waals surface area contributed by atoms with Gasteiger partial charge < -0.3 is 14.0 Å². The van der Waals surface area contributed by atoms with Gasteiger partial charge in [-0.3, -0.25) is 4.79 Å². The number of ether oxygens (including phenoxy) is 2. The first-order valence-electron chi connectivity index (χ1n) is 9.36. The van der Waals surface area contributed by atoms with E-state index >= 15 is 0 Å². The molecule has 10 nitrogen and oxygen atoms in total. The molecule has 0 unspecified atom stereocenters. The smallest absolute Gasteiger partial charge is 0.290 e. The van der Waals surface area contributed by atoms with Gasteiger partial charge in [-0.1, -0.05) is 23.0 Å². The van der Waals surface area contributed by atoms with Crippen molar-refractivity contribution >= 4 is 28.6 Å². The van der Waals surface area contributed by atoms with Crippen molar-refractivity contribution in [2.75, 3.05) is 14.2 Å². The van der Waals surface area contributed by atoms with E-state index in [2.05, 4.69) is 25.4 Å². The van der Waals surface area contributed by atoms with Gasteiger partial charge in [-0.2, -0.15) is 10.1 Å². The fourth-order valence-electron chi connectivity index (χ4n) is 3.06. The zero-order valence-electron chi connectivity index (χ0n) is 16.9. The monoisotopic (exact) mass is 468 g/mol. The van der Waals surface area contributed by atoms with Crippen LogP contribution in [0, 0.1) is 0 Å². The van der Waals surface area contributed by atoms with Gasteiger partial charge in [0.05, 0.1) is 24.8 Å². The van der Waals surface area contributed by atoms with Crippen LogP contribution in [0.4, 0.5) is 0 Å². The van der Waals surface area contributed by atoms with Crippen molar-refractivity contribution in [2.45, 2.75) is 10.9 Å². The van der Waals surface area contributed by atoms with Crippen molar-refractivity contribution < 1.29 is 14.0 Å². The molecule has 0 aliphatic rings. The fraction of sp³-hybridized carbons (Fsp3) is 0.150. The van der Waals surface area contributed by atoms with Crippen LogP contribution in [0.25, 0.3) is 27.5 Å². The number of hydrogen-bond donors (Lipinski definition) is 1. The summed E-state index contributed by atoms with van der Waals surface area (Å²) in [6, 6.07) is 11.0. The van der Waals surface area contributed by atoms with Crippen molar-refractivity contribution in [1.29, 1.82) is 0 Å². The lowest BCUT2D eigenvalue weighted by atomic mass is 10.2. The minimum absolute atomic E-state index is 0.307. The van der Waals surface area contributed by atoms with Gasteiger partial charge in [0.2, 0.25) is 16.9 Å². The third-order valence-electron chi connectivity index (χ3n) is 4.58. The van der Waals surface area contributed by atoms with Crippen molar-refractivity contribution in [3.8, 4) is 33.5 Å². The largest absolute Gasteiger partial charge is 0.493 e. The van der Waals surface area contributed by atoms with Gasteiger partial charge in [-0.25, -0.2) is 9.61 Å². The Morgan fingerprint density at radius 3 is 2.84 bits per heavy atom. The molecule has 4 heterocycles. The molecule has 0 amide bonds. The molecular formula is C20H16N6O4S2. The summed E-state index contributed by atoms with van der Waals surface area (Å²) in [4.78, 5) is 17.6. The zero-order chi connectivity index (χ0) is 22.1. The molecule has 12 heteroatoms. The highest BCUT2D eigenvalue weighted by atomic mass is 32.2. The number of aromatic amines is 1. The summed E-state index contributed by atoms with van der Waals surface area (Å²) in [6.45, 7) is 0. The van der Waals surface area contributed by atoms with Crippen LogP contribution in [0.2, 0.25) is 0 Å². The van der Waals surface area contributed by atoms with Crippen molar-refractivity contribution in [2.24, 2.45) is 0 Å². The van der Waals surface area contributed by atoms with E-state index in [1.807, 2.05) is 23.6 Å². The number of aromatic nitrogens is 6. The maximum Gasteiger partial charge on any atom is 0.290 e. The molecule has 1 N–H and O–H groups in total. The summed E-state index contributed by atoms with van der Waals surface area (Å²) in [5.74, 6) is 2.38. The van der Waals surface area contributed by atoms with Crippen LogP contribution >= 0.6 is 23.1 Å². The molecule has 0 saturated carbocycles. The number of thioether (sulfide) groups is 1.